The van der Waals surface area contributed by atoms with Gasteiger partial charge >= 0.3 is 0 Å². The number of para-hydroxylation sites is 1. The number of pyridine rings is 4. The molecule has 0 amide bonds. The molecule has 0 atom stereocenters. The van der Waals surface area contributed by atoms with E-state index < -0.39 is 0 Å². The number of aromatic nitrogens is 4. The van der Waals surface area contributed by atoms with Gasteiger partial charge in [-0.25, -0.2) is 19.9 Å². The summed E-state index contributed by atoms with van der Waals surface area (Å²) in [5, 5.41) is 6.52. The van der Waals surface area contributed by atoms with Gasteiger partial charge in [-0.3, -0.25) is 0 Å². The van der Waals surface area contributed by atoms with Gasteiger partial charge in [0.05, 0.1) is 44.8 Å². The van der Waals surface area contributed by atoms with E-state index in [0.29, 0.717) is 0 Å². The summed E-state index contributed by atoms with van der Waals surface area (Å²) in [4.78, 5) is 21.8. The van der Waals surface area contributed by atoms with Crippen LogP contribution in [0.1, 0.15) is 25.0 Å². The summed E-state index contributed by atoms with van der Waals surface area (Å²) in [5.74, 6) is 0. The molecule has 0 aliphatic heterocycles. The highest BCUT2D eigenvalue weighted by atomic mass is 14.8. The van der Waals surface area contributed by atoms with Crippen LogP contribution < -0.4 is 0 Å². The maximum Gasteiger partial charge on any atom is 0.0978 e. The van der Waals surface area contributed by atoms with E-state index in [1.54, 1.807) is 0 Å². The number of hydrogen-bond donors (Lipinski definition) is 0. The van der Waals surface area contributed by atoms with Crippen molar-refractivity contribution in [2.75, 3.05) is 0 Å². The molecule has 83 heavy (non-hydrogen) atoms. The average molecular weight is 1060 g/mol. The molecule has 1 aliphatic carbocycles. The van der Waals surface area contributed by atoms with Crippen LogP contribution in [0.2, 0.25) is 0 Å². The molecule has 0 fully saturated rings. The average Bonchev–Trinajstić information content (AvgIpc) is 2.09. The second-order valence-electron chi connectivity index (χ2n) is 22.5. The summed E-state index contributed by atoms with van der Waals surface area (Å²) < 4.78 is 0. The van der Waals surface area contributed by atoms with Crippen molar-refractivity contribution in [3.05, 3.63) is 290 Å². The zero-order valence-electron chi connectivity index (χ0n) is 45.8. The van der Waals surface area contributed by atoms with Gasteiger partial charge in [0.1, 0.15) is 0 Å². The van der Waals surface area contributed by atoms with Crippen LogP contribution in [-0.2, 0) is 5.41 Å². The first kappa shape index (κ1) is 48.2. The van der Waals surface area contributed by atoms with Gasteiger partial charge in [-0.1, -0.05) is 226 Å². The molecule has 4 aromatic heterocycles. The van der Waals surface area contributed by atoms with Gasteiger partial charge in [0, 0.05) is 54.6 Å². The van der Waals surface area contributed by atoms with Crippen LogP contribution in [0.5, 0.6) is 0 Å². The summed E-state index contributed by atoms with van der Waals surface area (Å²) in [6, 6.07) is 101. The van der Waals surface area contributed by atoms with Crippen LogP contribution in [0, 0.1) is 0 Å². The van der Waals surface area contributed by atoms with Gasteiger partial charge in [-0.2, -0.15) is 0 Å². The quantitative estimate of drug-likeness (QED) is 0.142. The molecule has 4 heterocycles. The molecule has 0 radical (unpaired) electrons. The smallest absolute Gasteiger partial charge is 0.0978 e. The second kappa shape index (κ2) is 19.3. The Balaban J connectivity index is 0.940. The molecule has 15 aromatic rings. The Bertz CT molecular complexity index is 4850. The summed E-state index contributed by atoms with van der Waals surface area (Å²) in [5.41, 5.74) is 25.6. The Morgan fingerprint density at radius 2 is 0.735 bits per heavy atom. The third-order valence-electron chi connectivity index (χ3n) is 17.2. The van der Waals surface area contributed by atoms with Crippen molar-refractivity contribution in [2.45, 2.75) is 19.3 Å². The molecule has 0 saturated carbocycles. The third kappa shape index (κ3) is 8.13. The fourth-order valence-electron chi connectivity index (χ4n) is 13.1. The molecule has 1 aliphatic rings. The Kier molecular flexibility index (Phi) is 11.2. The maximum absolute atomic E-state index is 5.53. The molecule has 0 bridgehead atoms. The van der Waals surface area contributed by atoms with Crippen molar-refractivity contribution in [3.63, 3.8) is 0 Å². The third-order valence-corrected chi connectivity index (χ3v) is 17.2. The Morgan fingerprint density at radius 1 is 0.265 bits per heavy atom. The van der Waals surface area contributed by atoms with E-state index in [-0.39, 0.29) is 5.41 Å². The van der Waals surface area contributed by atoms with Gasteiger partial charge in [0.2, 0.25) is 0 Å². The fraction of sp³-hybridized carbons (Fsp3) is 0.0380. The Labute approximate surface area is 481 Å². The molecular formula is C79H52N4. The largest absolute Gasteiger partial charge is 0.247 e. The molecule has 16 rings (SSSR count). The SMILES string of the molecule is CC1(C)c2ccccc2-c2nc3ccccc3c(-c3ccc(-c4cc(-c5cc6ccc(-c7ccccc7)nc6c6cc(-c7ccccc7)ccc56)cc(-c5cc6ccc(-c7ccccc7)nc6c6nc(-c7ccccc7)ccc56)c4)cc3)c21. The maximum atomic E-state index is 5.53. The van der Waals surface area contributed by atoms with Crippen molar-refractivity contribution < 1.29 is 0 Å². The van der Waals surface area contributed by atoms with Gasteiger partial charge < -0.3 is 0 Å². The number of benzene rings is 11. The van der Waals surface area contributed by atoms with Crippen LogP contribution in [0.15, 0.2) is 279 Å². The van der Waals surface area contributed by atoms with E-state index in [2.05, 4.69) is 287 Å². The van der Waals surface area contributed by atoms with Gasteiger partial charge in [0.25, 0.3) is 0 Å². The predicted octanol–water partition coefficient (Wildman–Crippen LogP) is 20.7. The molecule has 4 heteroatoms. The summed E-state index contributed by atoms with van der Waals surface area (Å²) >= 11 is 0. The number of rotatable bonds is 8. The van der Waals surface area contributed by atoms with E-state index >= 15 is 0 Å². The summed E-state index contributed by atoms with van der Waals surface area (Å²) in [7, 11) is 0. The first-order chi connectivity index (χ1) is 40.9. The molecule has 11 aromatic carbocycles. The molecule has 0 saturated heterocycles. The highest BCUT2D eigenvalue weighted by Gasteiger charge is 2.39. The lowest BCUT2D eigenvalue weighted by molar-refractivity contribution is 0.662. The molecule has 0 N–H and O–H groups in total. The van der Waals surface area contributed by atoms with Crippen molar-refractivity contribution >= 4 is 54.4 Å². The van der Waals surface area contributed by atoms with Crippen LogP contribution in [0.25, 0.3) is 155 Å². The normalized spacial score (nSPS) is 12.6. The number of fused-ring (bicyclic) bond motifs is 10. The minimum Gasteiger partial charge on any atom is -0.247 e. The Morgan fingerprint density at radius 3 is 1.39 bits per heavy atom. The van der Waals surface area contributed by atoms with E-state index in [4.69, 9.17) is 19.9 Å². The first-order valence-corrected chi connectivity index (χ1v) is 28.5. The Hall–Kier alpha value is -10.7. The van der Waals surface area contributed by atoms with Crippen LogP contribution in [0.3, 0.4) is 0 Å². The molecule has 4 nitrogen and oxygen atoms in total. The van der Waals surface area contributed by atoms with Crippen molar-refractivity contribution in [2.24, 2.45) is 0 Å². The zero-order chi connectivity index (χ0) is 55.2. The highest BCUT2D eigenvalue weighted by Crippen LogP contribution is 2.53. The molecule has 0 spiro atoms. The fourth-order valence-corrected chi connectivity index (χ4v) is 13.1. The first-order valence-electron chi connectivity index (χ1n) is 28.5. The monoisotopic (exact) mass is 1060 g/mol. The van der Waals surface area contributed by atoms with Crippen molar-refractivity contribution in [1.82, 2.24) is 19.9 Å². The van der Waals surface area contributed by atoms with Gasteiger partial charge in [-0.15, -0.1) is 0 Å². The minimum atomic E-state index is -0.249. The van der Waals surface area contributed by atoms with E-state index in [0.717, 1.165) is 138 Å². The molecule has 0 unspecified atom stereocenters. The molecular weight excluding hydrogens is 1000 g/mol. The van der Waals surface area contributed by atoms with Crippen molar-refractivity contribution in [1.29, 1.82) is 0 Å². The topological polar surface area (TPSA) is 51.6 Å². The predicted molar refractivity (Wildman–Crippen MR) is 346 cm³/mol. The standard InChI is InChI=1S/C79H52N4/c1-79(2)68-29-17-15-27-63(68)77-74(79)73(64-28-16-18-30-72(64)83-77)54-33-31-50(32-34-54)58-43-59(65-47-56-36-40-69(51-21-9-4-10-22-51)80-75(56)67-46-55(35-38-61(65)67)49-19-7-3-8-20-49)45-60(44-58)66-48-57-37-41-70(52-23-11-5-12-24-52)81-76(57)78-62(66)39-42-71(82-78)53-25-13-6-14-26-53/h3-48H,1-2H3. The number of hydrogen-bond acceptors (Lipinski definition) is 4. The van der Waals surface area contributed by atoms with Crippen LogP contribution in [-0.4, -0.2) is 19.9 Å². The molecule has 388 valence electrons. The lowest BCUT2D eigenvalue weighted by atomic mass is 9.78. The minimum absolute atomic E-state index is 0.249. The highest BCUT2D eigenvalue weighted by molar-refractivity contribution is 6.15. The zero-order valence-corrected chi connectivity index (χ0v) is 45.8. The summed E-state index contributed by atoms with van der Waals surface area (Å²) in [6.07, 6.45) is 0. The summed E-state index contributed by atoms with van der Waals surface area (Å²) in [6.45, 7) is 4.70. The van der Waals surface area contributed by atoms with Crippen molar-refractivity contribution in [3.8, 4) is 101 Å². The van der Waals surface area contributed by atoms with E-state index in [1.165, 1.54) is 27.8 Å². The van der Waals surface area contributed by atoms with Gasteiger partial charge in [0.15, 0.2) is 0 Å². The van der Waals surface area contributed by atoms with Crippen LogP contribution in [0.4, 0.5) is 0 Å². The van der Waals surface area contributed by atoms with E-state index in [9.17, 15) is 0 Å². The second-order valence-corrected chi connectivity index (χ2v) is 22.5. The lowest BCUT2D eigenvalue weighted by Crippen LogP contribution is -2.16. The van der Waals surface area contributed by atoms with Gasteiger partial charge in [-0.05, 0) is 139 Å². The lowest BCUT2D eigenvalue weighted by Gasteiger charge is -2.25. The van der Waals surface area contributed by atoms with Crippen LogP contribution >= 0.6 is 0 Å². The number of nitrogens with zero attached hydrogens (tertiary/aromatic N) is 4. The van der Waals surface area contributed by atoms with E-state index in [1.807, 2.05) is 6.07 Å².